The molecule has 2 rings (SSSR count). The van der Waals surface area contributed by atoms with Crippen molar-refractivity contribution in [3.8, 4) is 11.6 Å². The highest BCUT2D eigenvalue weighted by atomic mass is 16.5. The van der Waals surface area contributed by atoms with E-state index in [2.05, 4.69) is 5.10 Å². The maximum Gasteiger partial charge on any atom is 0.337 e. The third kappa shape index (κ3) is 2.27. The summed E-state index contributed by atoms with van der Waals surface area (Å²) >= 11 is 0. The van der Waals surface area contributed by atoms with Crippen molar-refractivity contribution in [1.29, 1.82) is 0 Å². The highest BCUT2D eigenvalue weighted by molar-refractivity contribution is 5.94. The van der Waals surface area contributed by atoms with Crippen LogP contribution in [0, 0.1) is 6.92 Å². The lowest BCUT2D eigenvalue weighted by atomic mass is 10.2. The van der Waals surface area contributed by atoms with Gasteiger partial charge in [0.05, 0.1) is 11.3 Å². The third-order valence-electron chi connectivity index (χ3n) is 2.44. The van der Waals surface area contributed by atoms with Crippen molar-refractivity contribution >= 4 is 11.7 Å². The Balaban J connectivity index is 2.32. The fraction of sp³-hybridized carbons (Fsp3) is 0.167. The second kappa shape index (κ2) is 4.40. The smallest absolute Gasteiger partial charge is 0.337 e. The molecule has 6 heteroatoms. The number of aromatic nitrogens is 2. The molecule has 6 nitrogen and oxygen atoms in total. The van der Waals surface area contributed by atoms with Gasteiger partial charge < -0.3 is 15.6 Å². The summed E-state index contributed by atoms with van der Waals surface area (Å²) in [5.41, 5.74) is 6.61. The predicted octanol–water partition coefficient (Wildman–Crippen LogP) is 1.80. The van der Waals surface area contributed by atoms with Crippen LogP contribution >= 0.6 is 0 Å². The molecule has 0 saturated heterocycles. The van der Waals surface area contributed by atoms with E-state index in [1.165, 1.54) is 12.1 Å². The van der Waals surface area contributed by atoms with E-state index in [9.17, 15) is 4.79 Å². The monoisotopic (exact) mass is 247 g/mol. The average molecular weight is 247 g/mol. The van der Waals surface area contributed by atoms with E-state index in [1.54, 1.807) is 23.9 Å². The molecule has 1 aromatic heterocycles. The van der Waals surface area contributed by atoms with Crippen LogP contribution in [-0.2, 0) is 7.05 Å². The highest BCUT2D eigenvalue weighted by Gasteiger charge is 2.11. The van der Waals surface area contributed by atoms with Gasteiger partial charge in [-0.25, -0.2) is 9.48 Å². The zero-order valence-corrected chi connectivity index (χ0v) is 10.0. The minimum Gasteiger partial charge on any atom is -0.478 e. The normalized spacial score (nSPS) is 10.3. The summed E-state index contributed by atoms with van der Waals surface area (Å²) in [6.45, 7) is 1.85. The van der Waals surface area contributed by atoms with Crippen LogP contribution in [-0.4, -0.2) is 20.9 Å². The topological polar surface area (TPSA) is 90.4 Å². The summed E-state index contributed by atoms with van der Waals surface area (Å²) in [5, 5.41) is 13.1. The average Bonchev–Trinajstić information content (AvgIpc) is 2.60. The van der Waals surface area contributed by atoms with Crippen LogP contribution in [0.15, 0.2) is 24.3 Å². The minimum atomic E-state index is -1.08. The van der Waals surface area contributed by atoms with E-state index >= 15 is 0 Å². The number of hydrogen-bond acceptors (Lipinski definition) is 4. The van der Waals surface area contributed by atoms with E-state index in [0.717, 1.165) is 5.69 Å². The minimum absolute atomic E-state index is 0.0198. The van der Waals surface area contributed by atoms with Gasteiger partial charge in [-0.2, -0.15) is 5.10 Å². The molecule has 0 spiro atoms. The van der Waals surface area contributed by atoms with E-state index in [-0.39, 0.29) is 11.3 Å². The van der Waals surface area contributed by atoms with Crippen molar-refractivity contribution in [2.45, 2.75) is 6.92 Å². The number of aromatic carboxylic acids is 1. The first-order chi connectivity index (χ1) is 8.47. The molecule has 1 aromatic carbocycles. The molecule has 0 aliphatic heterocycles. The summed E-state index contributed by atoms with van der Waals surface area (Å²) in [7, 11) is 1.75. The molecule has 18 heavy (non-hydrogen) atoms. The first-order valence-electron chi connectivity index (χ1n) is 5.28. The Morgan fingerprint density at radius 2 is 2.17 bits per heavy atom. The molecular weight excluding hydrogens is 234 g/mol. The van der Waals surface area contributed by atoms with E-state index < -0.39 is 5.97 Å². The lowest BCUT2D eigenvalue weighted by Gasteiger charge is -2.07. The number of carbonyl (C=O) groups is 1. The summed E-state index contributed by atoms with van der Waals surface area (Å²) in [6, 6.07) is 6.27. The van der Waals surface area contributed by atoms with Gasteiger partial charge in [0.25, 0.3) is 0 Å². The lowest BCUT2D eigenvalue weighted by molar-refractivity contribution is 0.0697. The molecule has 0 amide bonds. The fourth-order valence-corrected chi connectivity index (χ4v) is 1.59. The molecule has 2 aromatic rings. The number of aryl methyl sites for hydroxylation is 2. The second-order valence-electron chi connectivity index (χ2n) is 3.90. The van der Waals surface area contributed by atoms with Crippen LogP contribution in [0.4, 0.5) is 5.69 Å². The number of anilines is 1. The number of nitrogens with zero attached hydrogens (tertiary/aromatic N) is 2. The molecule has 0 saturated carbocycles. The number of carboxylic acid groups (broad SMARTS) is 1. The van der Waals surface area contributed by atoms with Gasteiger partial charge in [0, 0.05) is 18.8 Å². The molecule has 0 fully saturated rings. The molecule has 1 heterocycles. The van der Waals surface area contributed by atoms with E-state index in [1.807, 2.05) is 6.92 Å². The van der Waals surface area contributed by atoms with Crippen molar-refractivity contribution in [3.63, 3.8) is 0 Å². The standard InChI is InChI=1S/C12H13N3O3/c1-7-5-11(15(2)14-7)18-8-3-4-10(13)9(6-8)12(16)17/h3-6H,13H2,1-2H3,(H,16,17). The van der Waals surface area contributed by atoms with Gasteiger partial charge in [0.1, 0.15) is 5.75 Å². The molecule has 0 aliphatic carbocycles. The van der Waals surface area contributed by atoms with Crippen LogP contribution in [0.3, 0.4) is 0 Å². The van der Waals surface area contributed by atoms with Crippen LogP contribution in [0.5, 0.6) is 11.6 Å². The number of nitrogen functional groups attached to an aromatic ring is 1. The van der Waals surface area contributed by atoms with Crippen molar-refractivity contribution in [2.75, 3.05) is 5.73 Å². The number of nitrogens with two attached hydrogens (primary N) is 1. The summed E-state index contributed by atoms with van der Waals surface area (Å²) in [6.07, 6.45) is 0. The van der Waals surface area contributed by atoms with Gasteiger partial charge in [-0.05, 0) is 25.1 Å². The molecule has 0 radical (unpaired) electrons. The van der Waals surface area contributed by atoms with Gasteiger partial charge in [0.15, 0.2) is 0 Å². The number of hydrogen-bond donors (Lipinski definition) is 2. The van der Waals surface area contributed by atoms with Gasteiger partial charge in [-0.3, -0.25) is 0 Å². The SMILES string of the molecule is Cc1cc(Oc2ccc(N)c(C(=O)O)c2)n(C)n1. The Morgan fingerprint density at radius 3 is 2.72 bits per heavy atom. The highest BCUT2D eigenvalue weighted by Crippen LogP contribution is 2.25. The van der Waals surface area contributed by atoms with Crippen LogP contribution < -0.4 is 10.5 Å². The van der Waals surface area contributed by atoms with Crippen LogP contribution in [0.2, 0.25) is 0 Å². The van der Waals surface area contributed by atoms with Gasteiger partial charge in [-0.1, -0.05) is 0 Å². The molecular formula is C12H13N3O3. The zero-order valence-electron chi connectivity index (χ0n) is 10.0. The van der Waals surface area contributed by atoms with E-state index in [0.29, 0.717) is 11.6 Å². The number of rotatable bonds is 3. The predicted molar refractivity (Wildman–Crippen MR) is 65.8 cm³/mol. The van der Waals surface area contributed by atoms with Gasteiger partial charge >= 0.3 is 5.97 Å². The summed E-state index contributed by atoms with van der Waals surface area (Å²) < 4.78 is 7.13. The third-order valence-corrected chi connectivity index (χ3v) is 2.44. The Hall–Kier alpha value is -2.50. The Labute approximate surface area is 104 Å². The number of benzene rings is 1. The Kier molecular flexibility index (Phi) is 2.93. The van der Waals surface area contributed by atoms with Crippen molar-refractivity contribution in [2.24, 2.45) is 7.05 Å². The Morgan fingerprint density at radius 1 is 1.44 bits per heavy atom. The number of ether oxygens (including phenoxy) is 1. The summed E-state index contributed by atoms with van der Waals surface area (Å²) in [5.74, 6) is -0.141. The van der Waals surface area contributed by atoms with Crippen LogP contribution in [0.1, 0.15) is 16.1 Å². The Bertz CT molecular complexity index is 605. The van der Waals surface area contributed by atoms with Crippen LogP contribution in [0.25, 0.3) is 0 Å². The quantitative estimate of drug-likeness (QED) is 0.807. The second-order valence-corrected chi connectivity index (χ2v) is 3.90. The van der Waals surface area contributed by atoms with Gasteiger partial charge in [-0.15, -0.1) is 0 Å². The fourth-order valence-electron chi connectivity index (χ4n) is 1.59. The maximum absolute atomic E-state index is 10.9. The summed E-state index contributed by atoms with van der Waals surface area (Å²) in [4.78, 5) is 10.9. The molecule has 0 unspecified atom stereocenters. The number of carboxylic acids is 1. The zero-order chi connectivity index (χ0) is 13.3. The molecule has 0 aliphatic rings. The largest absolute Gasteiger partial charge is 0.478 e. The maximum atomic E-state index is 10.9. The van der Waals surface area contributed by atoms with Gasteiger partial charge in [0.2, 0.25) is 5.88 Å². The lowest BCUT2D eigenvalue weighted by Crippen LogP contribution is -2.03. The molecule has 0 atom stereocenters. The van der Waals surface area contributed by atoms with Crippen molar-refractivity contribution < 1.29 is 14.6 Å². The molecule has 94 valence electrons. The molecule has 3 N–H and O–H groups in total. The molecule has 0 bridgehead atoms. The first kappa shape index (κ1) is 12.0. The first-order valence-corrected chi connectivity index (χ1v) is 5.28. The van der Waals surface area contributed by atoms with E-state index in [4.69, 9.17) is 15.6 Å². The van der Waals surface area contributed by atoms with Crippen molar-refractivity contribution in [1.82, 2.24) is 9.78 Å². The van der Waals surface area contributed by atoms with Crippen molar-refractivity contribution in [3.05, 3.63) is 35.5 Å².